The van der Waals surface area contributed by atoms with Crippen LogP contribution in [-0.4, -0.2) is 19.5 Å². The van der Waals surface area contributed by atoms with Gasteiger partial charge in [-0.25, -0.2) is 20.2 Å². The highest BCUT2D eigenvalue weighted by atomic mass is 19.1. The maximum absolute atomic E-state index is 13.5. The lowest BCUT2D eigenvalue weighted by Crippen LogP contribution is -2.13. The van der Waals surface area contributed by atoms with Crippen LogP contribution in [0.25, 0.3) is 5.82 Å². The quantitative estimate of drug-likeness (QED) is 0.588. The number of halogens is 1. The van der Waals surface area contributed by atoms with Gasteiger partial charge in [-0.05, 0) is 0 Å². The lowest BCUT2D eigenvalue weighted by atomic mass is 10.4. The summed E-state index contributed by atoms with van der Waals surface area (Å²) in [5, 5.41) is 0. The van der Waals surface area contributed by atoms with E-state index in [1.165, 1.54) is 0 Å². The molecule has 2 rings (SSSR count). The Morgan fingerprint density at radius 1 is 1.50 bits per heavy atom. The second-order valence-corrected chi connectivity index (χ2v) is 3.08. The number of hydrazine groups is 1. The van der Waals surface area contributed by atoms with E-state index in [1.807, 2.05) is 6.92 Å². The Bertz CT molecular complexity index is 494. The zero-order valence-corrected chi connectivity index (χ0v) is 8.68. The minimum absolute atomic E-state index is 0.136. The molecule has 0 fully saturated rings. The number of nitrogens with two attached hydrogens (primary N) is 1. The molecule has 0 saturated carbocycles. The largest absolute Gasteiger partial charge is 0.292 e. The third-order valence-electron chi connectivity index (χ3n) is 2.12. The van der Waals surface area contributed by atoms with Crippen molar-refractivity contribution in [1.82, 2.24) is 19.5 Å². The van der Waals surface area contributed by atoms with Gasteiger partial charge >= 0.3 is 0 Å². The number of anilines is 1. The Hall–Kier alpha value is -2.02. The molecule has 0 aliphatic rings. The lowest BCUT2D eigenvalue weighted by Gasteiger charge is -2.07. The van der Waals surface area contributed by atoms with Crippen LogP contribution in [0.4, 0.5) is 10.3 Å². The summed E-state index contributed by atoms with van der Waals surface area (Å²) in [4.78, 5) is 11.7. The van der Waals surface area contributed by atoms with Gasteiger partial charge in [0, 0.05) is 18.8 Å². The summed E-state index contributed by atoms with van der Waals surface area (Å²) in [6, 6.07) is 0. The third-order valence-corrected chi connectivity index (χ3v) is 2.12. The first kappa shape index (κ1) is 10.5. The van der Waals surface area contributed by atoms with Crippen molar-refractivity contribution in [2.45, 2.75) is 13.3 Å². The highest BCUT2D eigenvalue weighted by Crippen LogP contribution is 2.13. The highest BCUT2D eigenvalue weighted by Gasteiger charge is 2.11. The van der Waals surface area contributed by atoms with Crippen LogP contribution in [0.3, 0.4) is 0 Å². The SMILES string of the molecule is CCc1nccn1-c1nc(NN)ncc1F. The molecule has 2 aromatic rings. The van der Waals surface area contributed by atoms with Crippen molar-refractivity contribution in [3.8, 4) is 5.82 Å². The van der Waals surface area contributed by atoms with Crippen LogP contribution in [0, 0.1) is 5.82 Å². The maximum Gasteiger partial charge on any atom is 0.239 e. The van der Waals surface area contributed by atoms with Gasteiger partial charge in [-0.1, -0.05) is 6.92 Å². The number of hydrogen-bond acceptors (Lipinski definition) is 5. The lowest BCUT2D eigenvalue weighted by molar-refractivity contribution is 0.599. The van der Waals surface area contributed by atoms with Crippen molar-refractivity contribution in [2.75, 3.05) is 5.43 Å². The van der Waals surface area contributed by atoms with Gasteiger partial charge in [0.15, 0.2) is 11.6 Å². The molecule has 0 aliphatic heterocycles. The first-order valence-corrected chi connectivity index (χ1v) is 4.78. The van der Waals surface area contributed by atoms with Gasteiger partial charge in [-0.3, -0.25) is 9.99 Å². The standard InChI is InChI=1S/C9H11FN6/c1-2-7-12-3-4-16(7)8-6(10)5-13-9(14-8)15-11/h3-5H,2,11H2,1H3,(H,13,14,15). The summed E-state index contributed by atoms with van der Waals surface area (Å²) in [7, 11) is 0. The van der Waals surface area contributed by atoms with Crippen LogP contribution >= 0.6 is 0 Å². The summed E-state index contributed by atoms with van der Waals surface area (Å²) in [5.74, 6) is 5.67. The van der Waals surface area contributed by atoms with Gasteiger partial charge in [0.05, 0.1) is 6.20 Å². The van der Waals surface area contributed by atoms with Crippen LogP contribution < -0.4 is 11.3 Å². The van der Waals surface area contributed by atoms with Crippen LogP contribution in [0.1, 0.15) is 12.7 Å². The smallest absolute Gasteiger partial charge is 0.239 e. The number of aryl methyl sites for hydroxylation is 1. The van der Waals surface area contributed by atoms with Gasteiger partial charge < -0.3 is 0 Å². The molecule has 0 aromatic carbocycles. The Morgan fingerprint density at radius 2 is 2.31 bits per heavy atom. The molecule has 2 aromatic heterocycles. The van der Waals surface area contributed by atoms with Crippen LogP contribution in [0.15, 0.2) is 18.6 Å². The fourth-order valence-electron chi connectivity index (χ4n) is 1.39. The van der Waals surface area contributed by atoms with E-state index in [0.29, 0.717) is 6.42 Å². The van der Waals surface area contributed by atoms with Crippen molar-refractivity contribution in [2.24, 2.45) is 5.84 Å². The van der Waals surface area contributed by atoms with Gasteiger partial charge in [0.1, 0.15) is 5.82 Å². The second kappa shape index (κ2) is 4.23. The van der Waals surface area contributed by atoms with E-state index in [4.69, 9.17) is 5.84 Å². The molecule has 0 atom stereocenters. The number of nitrogens with one attached hydrogen (secondary N) is 1. The Kier molecular flexibility index (Phi) is 2.78. The van der Waals surface area contributed by atoms with Crippen molar-refractivity contribution in [3.63, 3.8) is 0 Å². The molecule has 0 amide bonds. The fourth-order valence-corrected chi connectivity index (χ4v) is 1.39. The van der Waals surface area contributed by atoms with Gasteiger partial charge in [0.25, 0.3) is 0 Å². The zero-order chi connectivity index (χ0) is 11.5. The average molecular weight is 222 g/mol. The number of nitrogens with zero attached hydrogens (tertiary/aromatic N) is 4. The molecule has 2 heterocycles. The number of aromatic nitrogens is 4. The molecular weight excluding hydrogens is 211 g/mol. The molecule has 16 heavy (non-hydrogen) atoms. The predicted molar refractivity (Wildman–Crippen MR) is 56.3 cm³/mol. The summed E-state index contributed by atoms with van der Waals surface area (Å²) < 4.78 is 15.1. The second-order valence-electron chi connectivity index (χ2n) is 3.08. The van der Waals surface area contributed by atoms with Crippen LogP contribution in [0.2, 0.25) is 0 Å². The fraction of sp³-hybridized carbons (Fsp3) is 0.222. The summed E-state index contributed by atoms with van der Waals surface area (Å²) in [6.07, 6.45) is 4.99. The van der Waals surface area contributed by atoms with E-state index in [2.05, 4.69) is 20.4 Å². The van der Waals surface area contributed by atoms with Gasteiger partial charge in [-0.15, -0.1) is 0 Å². The van der Waals surface area contributed by atoms with Crippen molar-refractivity contribution < 1.29 is 4.39 Å². The first-order chi connectivity index (χ1) is 7.76. The Balaban J connectivity index is 2.54. The number of rotatable bonds is 3. The van der Waals surface area contributed by atoms with Crippen LogP contribution in [-0.2, 0) is 6.42 Å². The molecule has 3 N–H and O–H groups in total. The molecule has 0 unspecified atom stereocenters. The highest BCUT2D eigenvalue weighted by molar-refractivity contribution is 5.33. The van der Waals surface area contributed by atoms with E-state index in [-0.39, 0.29) is 11.8 Å². The van der Waals surface area contributed by atoms with Crippen molar-refractivity contribution in [3.05, 3.63) is 30.2 Å². The molecule has 7 heteroatoms. The summed E-state index contributed by atoms with van der Waals surface area (Å²) in [6.45, 7) is 1.93. The maximum atomic E-state index is 13.5. The molecule has 0 spiro atoms. The summed E-state index contributed by atoms with van der Waals surface area (Å²) >= 11 is 0. The van der Waals surface area contributed by atoms with E-state index >= 15 is 0 Å². The molecule has 0 aliphatic carbocycles. The van der Waals surface area contributed by atoms with E-state index in [0.717, 1.165) is 12.0 Å². The number of hydrogen-bond donors (Lipinski definition) is 2. The first-order valence-electron chi connectivity index (χ1n) is 4.78. The minimum Gasteiger partial charge on any atom is -0.292 e. The van der Waals surface area contributed by atoms with E-state index < -0.39 is 5.82 Å². The van der Waals surface area contributed by atoms with Gasteiger partial charge in [0.2, 0.25) is 5.95 Å². The number of imidazole rings is 1. The topological polar surface area (TPSA) is 81.7 Å². The van der Waals surface area contributed by atoms with Crippen molar-refractivity contribution >= 4 is 5.95 Å². The van der Waals surface area contributed by atoms with Crippen molar-refractivity contribution in [1.29, 1.82) is 0 Å². The van der Waals surface area contributed by atoms with Gasteiger partial charge in [-0.2, -0.15) is 4.98 Å². The number of nitrogen functional groups attached to an aromatic ring is 1. The summed E-state index contributed by atoms with van der Waals surface area (Å²) in [5.41, 5.74) is 2.27. The van der Waals surface area contributed by atoms with E-state index in [1.54, 1.807) is 17.0 Å². The Labute approximate surface area is 91.3 Å². The average Bonchev–Trinajstić information content (AvgIpc) is 2.77. The van der Waals surface area contributed by atoms with E-state index in [9.17, 15) is 4.39 Å². The van der Waals surface area contributed by atoms with Crippen LogP contribution in [0.5, 0.6) is 0 Å². The molecule has 0 bridgehead atoms. The molecular formula is C9H11FN6. The minimum atomic E-state index is -0.522. The molecule has 0 radical (unpaired) electrons. The molecule has 0 saturated heterocycles. The molecule has 6 nitrogen and oxygen atoms in total. The zero-order valence-electron chi connectivity index (χ0n) is 8.68. The third kappa shape index (κ3) is 1.72. The Morgan fingerprint density at radius 3 is 3.00 bits per heavy atom. The normalized spacial score (nSPS) is 10.4. The predicted octanol–water partition coefficient (Wildman–Crippen LogP) is 0.649. The molecule has 84 valence electrons. The monoisotopic (exact) mass is 222 g/mol.